The highest BCUT2D eigenvalue weighted by Crippen LogP contribution is 2.38. The number of anilines is 1. The summed E-state index contributed by atoms with van der Waals surface area (Å²) < 4.78 is 2.21. The van der Waals surface area contributed by atoms with Crippen molar-refractivity contribution in [3.63, 3.8) is 0 Å². The smallest absolute Gasteiger partial charge is 0.321 e. The number of hydrogen-bond acceptors (Lipinski definition) is 4. The SMILES string of the molecule is O=C(Nc1ccsc1)N1CCC[C@H](c2nncn2C2CC2)C1. The summed E-state index contributed by atoms with van der Waals surface area (Å²) in [4.78, 5) is 14.3. The molecule has 1 atom stereocenters. The molecular weight excluding hydrogens is 298 g/mol. The number of urea groups is 1. The summed E-state index contributed by atoms with van der Waals surface area (Å²) in [6, 6.07) is 2.49. The van der Waals surface area contributed by atoms with Crippen molar-refractivity contribution in [3.05, 3.63) is 29.0 Å². The summed E-state index contributed by atoms with van der Waals surface area (Å²) in [5, 5.41) is 15.3. The second-order valence-electron chi connectivity index (χ2n) is 6.05. The number of piperidine rings is 1. The van der Waals surface area contributed by atoms with E-state index in [2.05, 4.69) is 20.1 Å². The molecule has 2 aromatic heterocycles. The number of carbonyl (C=O) groups is 1. The van der Waals surface area contributed by atoms with Crippen LogP contribution in [0.3, 0.4) is 0 Å². The van der Waals surface area contributed by atoms with E-state index in [-0.39, 0.29) is 6.03 Å². The first-order valence-electron chi connectivity index (χ1n) is 7.79. The first kappa shape index (κ1) is 13.8. The molecule has 22 heavy (non-hydrogen) atoms. The third-order valence-corrected chi connectivity index (χ3v) is 5.07. The van der Waals surface area contributed by atoms with Gasteiger partial charge in [-0.2, -0.15) is 11.3 Å². The Labute approximate surface area is 133 Å². The van der Waals surface area contributed by atoms with Crippen molar-refractivity contribution in [2.75, 3.05) is 18.4 Å². The number of rotatable bonds is 3. The van der Waals surface area contributed by atoms with E-state index in [4.69, 9.17) is 0 Å². The van der Waals surface area contributed by atoms with E-state index in [0.717, 1.165) is 37.4 Å². The predicted octanol–water partition coefficient (Wildman–Crippen LogP) is 3.09. The number of thiophene rings is 1. The quantitative estimate of drug-likeness (QED) is 0.946. The van der Waals surface area contributed by atoms with Gasteiger partial charge in [-0.25, -0.2) is 4.79 Å². The van der Waals surface area contributed by atoms with Gasteiger partial charge in [0.15, 0.2) is 0 Å². The van der Waals surface area contributed by atoms with E-state index in [9.17, 15) is 4.79 Å². The number of hydrogen-bond donors (Lipinski definition) is 1. The number of likely N-dealkylation sites (tertiary alicyclic amines) is 1. The number of nitrogens with zero attached hydrogens (tertiary/aromatic N) is 4. The van der Waals surface area contributed by atoms with Gasteiger partial charge < -0.3 is 14.8 Å². The molecule has 1 saturated carbocycles. The Hall–Kier alpha value is -1.89. The number of aromatic nitrogens is 3. The Bertz CT molecular complexity index is 649. The summed E-state index contributed by atoms with van der Waals surface area (Å²) in [5.74, 6) is 1.35. The van der Waals surface area contributed by atoms with Crippen molar-refractivity contribution in [1.82, 2.24) is 19.7 Å². The van der Waals surface area contributed by atoms with Gasteiger partial charge >= 0.3 is 6.03 Å². The predicted molar refractivity (Wildman–Crippen MR) is 85.2 cm³/mol. The summed E-state index contributed by atoms with van der Waals surface area (Å²) >= 11 is 1.58. The standard InChI is InChI=1S/C15H19N5OS/c21-15(17-12-5-7-22-9-12)19-6-1-2-11(8-19)14-18-16-10-20(14)13-3-4-13/h5,7,9-11,13H,1-4,6,8H2,(H,17,21)/t11-/m0/s1. The van der Waals surface area contributed by atoms with Crippen LogP contribution in [0.25, 0.3) is 0 Å². The van der Waals surface area contributed by atoms with Gasteiger partial charge in [0.05, 0.1) is 5.69 Å². The van der Waals surface area contributed by atoms with Crippen molar-refractivity contribution in [2.45, 2.75) is 37.6 Å². The molecule has 0 aromatic carbocycles. The normalized spacial score (nSPS) is 21.8. The molecule has 7 heteroatoms. The van der Waals surface area contributed by atoms with Crippen molar-refractivity contribution < 1.29 is 4.79 Å². The van der Waals surface area contributed by atoms with Crippen LogP contribution >= 0.6 is 11.3 Å². The molecule has 6 nitrogen and oxygen atoms in total. The summed E-state index contributed by atoms with van der Waals surface area (Å²) in [6.07, 6.45) is 6.38. The van der Waals surface area contributed by atoms with Crippen LogP contribution in [0.15, 0.2) is 23.2 Å². The lowest BCUT2D eigenvalue weighted by atomic mass is 9.97. The lowest BCUT2D eigenvalue weighted by molar-refractivity contribution is 0.190. The third kappa shape index (κ3) is 2.72. The fourth-order valence-electron chi connectivity index (χ4n) is 3.09. The van der Waals surface area contributed by atoms with Gasteiger partial charge in [-0.1, -0.05) is 0 Å². The second-order valence-corrected chi connectivity index (χ2v) is 6.83. The van der Waals surface area contributed by atoms with Crippen LogP contribution in [0.5, 0.6) is 0 Å². The van der Waals surface area contributed by atoms with E-state index in [1.165, 1.54) is 12.8 Å². The number of amides is 2. The minimum atomic E-state index is -0.0133. The van der Waals surface area contributed by atoms with Crippen LogP contribution < -0.4 is 5.32 Å². The van der Waals surface area contributed by atoms with Gasteiger partial charge in [0.2, 0.25) is 0 Å². The summed E-state index contributed by atoms with van der Waals surface area (Å²) in [7, 11) is 0. The van der Waals surface area contributed by atoms with Gasteiger partial charge in [-0.15, -0.1) is 10.2 Å². The number of nitrogens with one attached hydrogen (secondary N) is 1. The van der Waals surface area contributed by atoms with Crippen molar-refractivity contribution in [3.8, 4) is 0 Å². The molecule has 1 N–H and O–H groups in total. The molecule has 1 aliphatic carbocycles. The molecule has 3 heterocycles. The van der Waals surface area contributed by atoms with E-state index in [1.54, 1.807) is 11.3 Å². The zero-order valence-corrected chi connectivity index (χ0v) is 13.1. The topological polar surface area (TPSA) is 63.1 Å². The van der Waals surface area contributed by atoms with Crippen LogP contribution in [0, 0.1) is 0 Å². The average Bonchev–Trinajstić information content (AvgIpc) is 3.05. The lowest BCUT2D eigenvalue weighted by Crippen LogP contribution is -2.42. The Balaban J connectivity index is 1.45. The monoisotopic (exact) mass is 317 g/mol. The molecule has 0 bridgehead atoms. The van der Waals surface area contributed by atoms with E-state index >= 15 is 0 Å². The third-order valence-electron chi connectivity index (χ3n) is 4.39. The van der Waals surface area contributed by atoms with Crippen molar-refractivity contribution >= 4 is 23.1 Å². The molecule has 116 valence electrons. The maximum Gasteiger partial charge on any atom is 0.321 e. The molecule has 2 aromatic rings. The molecule has 4 rings (SSSR count). The van der Waals surface area contributed by atoms with Crippen LogP contribution in [-0.4, -0.2) is 38.8 Å². The highest BCUT2D eigenvalue weighted by molar-refractivity contribution is 7.08. The van der Waals surface area contributed by atoms with Gasteiger partial charge in [-0.3, -0.25) is 0 Å². The Morgan fingerprint density at radius 3 is 3.05 bits per heavy atom. The Morgan fingerprint density at radius 1 is 1.36 bits per heavy atom. The van der Waals surface area contributed by atoms with Gasteiger partial charge in [0.1, 0.15) is 12.2 Å². The van der Waals surface area contributed by atoms with Crippen LogP contribution in [0.1, 0.15) is 43.5 Å². The molecular formula is C15H19N5OS. The maximum absolute atomic E-state index is 12.4. The average molecular weight is 317 g/mol. The highest BCUT2D eigenvalue weighted by Gasteiger charge is 2.32. The van der Waals surface area contributed by atoms with Gasteiger partial charge in [0, 0.05) is 30.4 Å². The summed E-state index contributed by atoms with van der Waals surface area (Å²) in [6.45, 7) is 1.53. The van der Waals surface area contributed by atoms with Crippen LogP contribution in [-0.2, 0) is 0 Å². The molecule has 1 saturated heterocycles. The van der Waals surface area contributed by atoms with E-state index in [0.29, 0.717) is 12.0 Å². The first-order chi connectivity index (χ1) is 10.8. The zero-order chi connectivity index (χ0) is 14.9. The Kier molecular flexibility index (Phi) is 3.57. The highest BCUT2D eigenvalue weighted by atomic mass is 32.1. The van der Waals surface area contributed by atoms with E-state index < -0.39 is 0 Å². The maximum atomic E-state index is 12.4. The van der Waals surface area contributed by atoms with Crippen molar-refractivity contribution in [1.29, 1.82) is 0 Å². The lowest BCUT2D eigenvalue weighted by Gasteiger charge is -2.32. The van der Waals surface area contributed by atoms with Crippen LogP contribution in [0.4, 0.5) is 10.5 Å². The molecule has 2 aliphatic rings. The molecule has 0 spiro atoms. The van der Waals surface area contributed by atoms with Gasteiger partial charge in [0.25, 0.3) is 0 Å². The Morgan fingerprint density at radius 2 is 2.27 bits per heavy atom. The minimum Gasteiger partial charge on any atom is -0.324 e. The molecule has 0 unspecified atom stereocenters. The molecule has 0 radical (unpaired) electrons. The zero-order valence-electron chi connectivity index (χ0n) is 12.3. The van der Waals surface area contributed by atoms with Crippen molar-refractivity contribution in [2.24, 2.45) is 0 Å². The van der Waals surface area contributed by atoms with Crippen LogP contribution in [0.2, 0.25) is 0 Å². The fourth-order valence-corrected chi connectivity index (χ4v) is 3.68. The first-order valence-corrected chi connectivity index (χ1v) is 8.73. The van der Waals surface area contributed by atoms with E-state index in [1.807, 2.05) is 28.1 Å². The second kappa shape index (κ2) is 5.72. The number of carbonyl (C=O) groups excluding carboxylic acids is 1. The summed E-state index contributed by atoms with van der Waals surface area (Å²) in [5.41, 5.74) is 0.873. The largest absolute Gasteiger partial charge is 0.324 e. The fraction of sp³-hybridized carbons (Fsp3) is 0.533. The van der Waals surface area contributed by atoms with Gasteiger partial charge in [-0.05, 0) is 37.1 Å². The molecule has 2 amide bonds. The minimum absolute atomic E-state index is 0.0133. The molecule has 1 aliphatic heterocycles. The molecule has 2 fully saturated rings.